The standard InChI is InChI=1S/C23H20FN3O3.C14H9FN2O2.C13H17BN2O2.C9H13NO2.C7H4BrFO2/c1-30-18-4-2-3-16(10-18)22(13-28)26-23(29)19-11-15(5-7-20(19)24)14-6-8-21-17(9-14)12-25-27-21;15-12-3-1-9(6-11(12)14(18)19)8-2-4-13-10(5-8)7-16-17-13;1-12(2)13(3,4)18-14(17-12)10-5-6-11-9(7-10)8-15-16-11;1-12-8-4-2-3-7(5-8)9(10)6-11;8-4-1-2-6(9)5(3-4)7(10)11/h2-12,22,28H,13H2,1H3,(H,25,27)(H,26,29);1-7H,(H,16,17)(H,18,19);5-8H,1-4H3,(H,15,16);2-5,9,11H,6,10H2,1H3;1-3H,(H,10,11). The zero-order valence-corrected chi connectivity index (χ0v) is 51.1. The molecule has 1 amide bonds. The Balaban J connectivity index is 0.000000153. The monoisotopic (exact) mass is 1290 g/mol. The number of fused-ring (bicyclic) bond motifs is 3. The normalized spacial score (nSPS) is 13.5. The molecule has 8 aromatic carbocycles. The average molecular weight is 1290 g/mol. The number of halogens is 4. The number of carbonyl (C=O) groups is 3. The fourth-order valence-electron chi connectivity index (χ4n) is 9.05. The van der Waals surface area contributed by atoms with E-state index >= 15 is 0 Å². The summed E-state index contributed by atoms with van der Waals surface area (Å²) in [6, 6.07) is 42.9. The van der Waals surface area contributed by atoms with Gasteiger partial charge in [0.1, 0.15) is 29.0 Å². The Kier molecular flexibility index (Phi) is 21.8. The van der Waals surface area contributed by atoms with Crippen LogP contribution in [0.15, 0.2) is 181 Å². The van der Waals surface area contributed by atoms with Crippen molar-refractivity contribution in [2.75, 3.05) is 27.4 Å². The summed E-state index contributed by atoms with van der Waals surface area (Å²) in [5, 5.41) is 62.1. The van der Waals surface area contributed by atoms with Gasteiger partial charge in [-0.25, -0.2) is 22.8 Å². The number of benzene rings is 8. The van der Waals surface area contributed by atoms with Gasteiger partial charge in [0.15, 0.2) is 0 Å². The van der Waals surface area contributed by atoms with Crippen molar-refractivity contribution in [3.8, 4) is 33.8 Å². The maximum Gasteiger partial charge on any atom is 0.494 e. The highest BCUT2D eigenvalue weighted by Gasteiger charge is 2.51. The molecule has 12 rings (SSSR count). The first-order chi connectivity index (χ1) is 43.0. The van der Waals surface area contributed by atoms with Crippen molar-refractivity contribution in [3.63, 3.8) is 0 Å². The lowest BCUT2D eigenvalue weighted by Crippen LogP contribution is -2.41. The van der Waals surface area contributed by atoms with Gasteiger partial charge < -0.3 is 50.3 Å². The Bertz CT molecular complexity index is 4300. The van der Waals surface area contributed by atoms with Crippen LogP contribution in [-0.2, 0) is 9.31 Å². The summed E-state index contributed by atoms with van der Waals surface area (Å²) in [5.41, 5.74) is 12.7. The van der Waals surface area contributed by atoms with Gasteiger partial charge in [-0.3, -0.25) is 20.1 Å². The number of nitrogens with one attached hydrogen (secondary N) is 4. The van der Waals surface area contributed by atoms with E-state index in [-0.39, 0.29) is 54.3 Å². The molecule has 90 heavy (non-hydrogen) atoms. The van der Waals surface area contributed by atoms with E-state index in [1.54, 1.807) is 55.9 Å². The van der Waals surface area contributed by atoms with Gasteiger partial charge in [-0.15, -0.1) is 0 Å². The van der Waals surface area contributed by atoms with Crippen molar-refractivity contribution in [1.82, 2.24) is 35.9 Å². The lowest BCUT2D eigenvalue weighted by Gasteiger charge is -2.32. The Hall–Kier alpha value is -9.69. The molecule has 0 radical (unpaired) electrons. The quantitative estimate of drug-likeness (QED) is 0.0485. The number of ether oxygens (including phenoxy) is 2. The molecule has 0 spiro atoms. The highest BCUT2D eigenvalue weighted by atomic mass is 79.9. The van der Waals surface area contributed by atoms with E-state index < -0.39 is 41.3 Å². The Morgan fingerprint density at radius 1 is 0.567 bits per heavy atom. The number of hydrogen-bond donors (Lipinski definition) is 9. The highest BCUT2D eigenvalue weighted by molar-refractivity contribution is 9.10. The van der Waals surface area contributed by atoms with Crippen molar-refractivity contribution in [2.24, 2.45) is 5.73 Å². The number of aromatic amines is 3. The minimum Gasteiger partial charge on any atom is -0.497 e. The van der Waals surface area contributed by atoms with E-state index in [0.29, 0.717) is 26.9 Å². The van der Waals surface area contributed by atoms with Crippen molar-refractivity contribution < 1.29 is 66.8 Å². The number of aromatic nitrogens is 6. The average Bonchev–Trinajstić information content (AvgIpc) is 2.16. The molecule has 4 heterocycles. The maximum atomic E-state index is 14.5. The van der Waals surface area contributed by atoms with Gasteiger partial charge in [0.05, 0.1) is 103 Å². The molecule has 0 aliphatic carbocycles. The van der Waals surface area contributed by atoms with E-state index in [2.05, 4.69) is 85.6 Å². The molecule has 464 valence electrons. The van der Waals surface area contributed by atoms with Gasteiger partial charge in [0.25, 0.3) is 5.91 Å². The molecule has 1 aliphatic rings. The highest BCUT2D eigenvalue weighted by Crippen LogP contribution is 2.37. The summed E-state index contributed by atoms with van der Waals surface area (Å²) in [4.78, 5) is 34.0. The third-order valence-corrected chi connectivity index (χ3v) is 15.3. The number of carbonyl (C=O) groups excluding carboxylic acids is 1. The van der Waals surface area contributed by atoms with E-state index in [0.717, 1.165) is 66.7 Å². The predicted octanol–water partition coefficient (Wildman–Crippen LogP) is 11.7. The Labute approximate surface area is 523 Å². The number of nitrogens with zero attached hydrogens (tertiary/aromatic N) is 3. The van der Waals surface area contributed by atoms with Gasteiger partial charge >= 0.3 is 19.1 Å². The number of aliphatic hydroxyl groups excluding tert-OH is 2. The second-order valence-electron chi connectivity index (χ2n) is 21.3. The molecule has 2 atom stereocenters. The smallest absolute Gasteiger partial charge is 0.494 e. The first-order valence-corrected chi connectivity index (χ1v) is 28.5. The topological polar surface area (TPSA) is 293 Å². The molecular formula is C66H63BBrF3N8O11. The number of methoxy groups -OCH3 is 2. The van der Waals surface area contributed by atoms with Crippen LogP contribution in [0, 0.1) is 17.5 Å². The number of aliphatic hydroxyl groups is 2. The fraction of sp³-hybridized carbons (Fsp3) is 0.182. The molecular weight excluding hydrogens is 1230 g/mol. The summed E-state index contributed by atoms with van der Waals surface area (Å²) in [7, 11) is 2.83. The minimum absolute atomic E-state index is 0.0484. The second-order valence-corrected chi connectivity index (χ2v) is 22.2. The van der Waals surface area contributed by atoms with Crippen LogP contribution in [0.1, 0.15) is 82.0 Å². The number of carboxylic acid groups (broad SMARTS) is 2. The number of nitrogens with two attached hydrogens (primary N) is 1. The molecule has 11 aromatic rings. The van der Waals surface area contributed by atoms with Crippen LogP contribution < -0.4 is 26.0 Å². The number of H-pyrrole nitrogens is 3. The van der Waals surface area contributed by atoms with Crippen LogP contribution in [0.25, 0.3) is 55.0 Å². The molecule has 24 heteroatoms. The third-order valence-electron chi connectivity index (χ3n) is 14.8. The number of carboxylic acids is 2. The lowest BCUT2D eigenvalue weighted by atomic mass is 9.79. The minimum atomic E-state index is -1.27. The van der Waals surface area contributed by atoms with E-state index in [1.165, 1.54) is 43.5 Å². The summed E-state index contributed by atoms with van der Waals surface area (Å²) < 4.78 is 63.2. The first-order valence-electron chi connectivity index (χ1n) is 27.7. The first kappa shape index (κ1) is 66.3. The van der Waals surface area contributed by atoms with Crippen LogP contribution in [0.3, 0.4) is 0 Å². The van der Waals surface area contributed by atoms with Gasteiger partial charge in [0, 0.05) is 20.6 Å². The van der Waals surface area contributed by atoms with Crippen LogP contribution in [0.5, 0.6) is 11.5 Å². The zero-order valence-electron chi connectivity index (χ0n) is 49.5. The predicted molar refractivity (Wildman–Crippen MR) is 340 cm³/mol. The van der Waals surface area contributed by atoms with Crippen molar-refractivity contribution in [2.45, 2.75) is 51.0 Å². The summed E-state index contributed by atoms with van der Waals surface area (Å²) in [6.07, 6.45) is 5.19. The van der Waals surface area contributed by atoms with Crippen molar-refractivity contribution in [3.05, 3.63) is 226 Å². The molecule has 2 unspecified atom stereocenters. The number of aromatic carboxylic acids is 2. The molecule has 3 aromatic heterocycles. The summed E-state index contributed by atoms with van der Waals surface area (Å²) in [5.74, 6) is -3.88. The van der Waals surface area contributed by atoms with Crippen LogP contribution in [0.4, 0.5) is 13.2 Å². The van der Waals surface area contributed by atoms with Crippen LogP contribution in [-0.4, -0.2) is 115 Å². The van der Waals surface area contributed by atoms with Gasteiger partial charge in [-0.2, -0.15) is 15.3 Å². The largest absolute Gasteiger partial charge is 0.497 e. The second kappa shape index (κ2) is 29.5. The third kappa shape index (κ3) is 16.3. The Morgan fingerprint density at radius 3 is 1.47 bits per heavy atom. The fourth-order valence-corrected chi connectivity index (χ4v) is 9.41. The van der Waals surface area contributed by atoms with Crippen LogP contribution in [0.2, 0.25) is 0 Å². The number of amides is 1. The van der Waals surface area contributed by atoms with Crippen molar-refractivity contribution in [1.29, 1.82) is 0 Å². The summed E-state index contributed by atoms with van der Waals surface area (Å²) >= 11 is 3.03. The SMILES string of the molecule is CC1(C)OB(c2ccc3[nH]ncc3c2)OC1(C)C.COc1cccc(C(CO)NC(=O)c2cc(-c3ccc4[nH]ncc4c3)ccc2F)c1.COc1cccc(C(N)CO)c1.O=C(O)c1cc(-c2ccc3[nH]ncc3c2)ccc1F.O=C(O)c1cc(Br)ccc1F. The molecule has 1 saturated heterocycles. The molecule has 0 bridgehead atoms. The van der Waals surface area contributed by atoms with Crippen LogP contribution >= 0.6 is 15.9 Å². The van der Waals surface area contributed by atoms with E-state index in [4.69, 9.17) is 39.8 Å². The molecule has 1 aliphatic heterocycles. The van der Waals surface area contributed by atoms with E-state index in [9.17, 15) is 32.7 Å². The molecule has 1 fully saturated rings. The summed E-state index contributed by atoms with van der Waals surface area (Å²) in [6.45, 7) is 7.85. The molecule has 10 N–H and O–H groups in total. The van der Waals surface area contributed by atoms with Crippen molar-refractivity contribution >= 4 is 79.1 Å². The number of hydrogen-bond acceptors (Lipinski definition) is 13. The molecule has 0 saturated carbocycles. The van der Waals surface area contributed by atoms with E-state index in [1.807, 2.05) is 79.0 Å². The van der Waals surface area contributed by atoms with Gasteiger partial charge in [-0.1, -0.05) is 76.6 Å². The lowest BCUT2D eigenvalue weighted by molar-refractivity contribution is 0.00578. The van der Waals surface area contributed by atoms with Gasteiger partial charge in [-0.05, 0) is 164 Å². The number of rotatable bonds is 13. The zero-order chi connectivity index (χ0) is 64.9. The molecule has 19 nitrogen and oxygen atoms in total. The Morgan fingerprint density at radius 2 is 0.989 bits per heavy atom. The maximum absolute atomic E-state index is 14.5. The van der Waals surface area contributed by atoms with Gasteiger partial charge in [0.2, 0.25) is 0 Å².